The molecule has 5 rings (SSSR count). The summed E-state index contributed by atoms with van der Waals surface area (Å²) in [7, 11) is 1.62. The lowest BCUT2D eigenvalue weighted by Gasteiger charge is -2.18. The zero-order chi connectivity index (χ0) is 25.4. The number of thiazole rings is 1. The van der Waals surface area contributed by atoms with Crippen LogP contribution < -0.4 is 15.6 Å². The second-order valence-electron chi connectivity index (χ2n) is 8.50. The zero-order valence-corrected chi connectivity index (χ0v) is 21.2. The molecule has 2 aromatic carbocycles. The zero-order valence-electron chi connectivity index (χ0n) is 20.4. The minimum Gasteiger partial charge on any atom is -0.497 e. The van der Waals surface area contributed by atoms with E-state index >= 15 is 0 Å². The first-order chi connectivity index (χ1) is 17.4. The molecule has 1 amide bonds. The number of carbonyl (C=O) groups is 1. The lowest BCUT2D eigenvalue weighted by molar-refractivity contribution is -0.118. The quantitative estimate of drug-likeness (QED) is 0.350. The standard InChI is InChI=1S/C27H25N5O3S/c1-16-14-23(33)31(26-24(16)17(2)30-32(26)20-8-6-5-7-9-20)18(3)25(34)29-27-28-22(15-36-27)19-10-12-21(35-4)13-11-19/h5-15,18H,1-4H3,(H,28,29,34). The van der Waals surface area contributed by atoms with Crippen molar-refractivity contribution in [1.29, 1.82) is 0 Å². The van der Waals surface area contributed by atoms with Crippen molar-refractivity contribution in [2.45, 2.75) is 26.8 Å². The van der Waals surface area contributed by atoms with Gasteiger partial charge in [0.05, 0.1) is 24.2 Å². The molecule has 0 saturated heterocycles. The first-order valence-corrected chi connectivity index (χ1v) is 12.3. The van der Waals surface area contributed by atoms with Crippen LogP contribution in [0.25, 0.3) is 28.0 Å². The highest BCUT2D eigenvalue weighted by molar-refractivity contribution is 7.14. The summed E-state index contributed by atoms with van der Waals surface area (Å²) in [5, 5.41) is 10.8. The average Bonchev–Trinajstić information content (AvgIpc) is 3.49. The molecule has 0 aliphatic heterocycles. The average molecular weight is 500 g/mol. The summed E-state index contributed by atoms with van der Waals surface area (Å²) in [4.78, 5) is 31.1. The van der Waals surface area contributed by atoms with E-state index in [1.54, 1.807) is 24.8 Å². The minimum absolute atomic E-state index is 0.266. The highest BCUT2D eigenvalue weighted by atomic mass is 32.1. The van der Waals surface area contributed by atoms with Crippen LogP contribution in [0.1, 0.15) is 24.2 Å². The largest absolute Gasteiger partial charge is 0.497 e. The van der Waals surface area contributed by atoms with Crippen LogP contribution in [-0.2, 0) is 4.79 Å². The molecular formula is C27H25N5O3S. The number of para-hydroxylation sites is 1. The number of fused-ring (bicyclic) bond motifs is 1. The van der Waals surface area contributed by atoms with E-state index in [0.29, 0.717) is 10.8 Å². The monoisotopic (exact) mass is 499 g/mol. The Labute approximate surface area is 211 Å². The van der Waals surface area contributed by atoms with Crippen molar-refractivity contribution in [3.8, 4) is 22.7 Å². The van der Waals surface area contributed by atoms with E-state index in [0.717, 1.165) is 39.3 Å². The van der Waals surface area contributed by atoms with Gasteiger partial charge in [-0.25, -0.2) is 9.67 Å². The van der Waals surface area contributed by atoms with Gasteiger partial charge in [-0.15, -0.1) is 11.3 Å². The Kier molecular flexibility index (Phi) is 6.15. The van der Waals surface area contributed by atoms with Crippen molar-refractivity contribution in [1.82, 2.24) is 19.3 Å². The van der Waals surface area contributed by atoms with Crippen molar-refractivity contribution in [3.05, 3.63) is 87.7 Å². The van der Waals surface area contributed by atoms with Crippen LogP contribution in [0.5, 0.6) is 5.75 Å². The topological polar surface area (TPSA) is 91.0 Å². The number of nitrogens with one attached hydrogen (secondary N) is 1. The molecule has 8 nitrogen and oxygen atoms in total. The Hall–Kier alpha value is -4.24. The third-order valence-electron chi connectivity index (χ3n) is 6.12. The minimum atomic E-state index is -0.799. The number of benzene rings is 2. The fraction of sp³-hybridized carbons (Fsp3) is 0.185. The summed E-state index contributed by atoms with van der Waals surface area (Å²) in [5.74, 6) is 0.424. The van der Waals surface area contributed by atoms with Crippen molar-refractivity contribution in [3.63, 3.8) is 0 Å². The molecular weight excluding hydrogens is 474 g/mol. The highest BCUT2D eigenvalue weighted by Gasteiger charge is 2.24. The van der Waals surface area contributed by atoms with Gasteiger partial charge in [-0.1, -0.05) is 18.2 Å². The molecule has 0 saturated carbocycles. The fourth-order valence-corrected chi connectivity index (χ4v) is 5.03. The molecule has 3 heterocycles. The smallest absolute Gasteiger partial charge is 0.253 e. The number of methoxy groups -OCH3 is 1. The van der Waals surface area contributed by atoms with Crippen molar-refractivity contribution in [2.75, 3.05) is 12.4 Å². The molecule has 182 valence electrons. The van der Waals surface area contributed by atoms with Gasteiger partial charge in [-0.2, -0.15) is 5.10 Å². The molecule has 9 heteroatoms. The number of pyridine rings is 1. The fourth-order valence-electron chi connectivity index (χ4n) is 4.31. The van der Waals surface area contributed by atoms with E-state index in [9.17, 15) is 9.59 Å². The van der Waals surface area contributed by atoms with Crippen molar-refractivity contribution < 1.29 is 9.53 Å². The molecule has 1 N–H and O–H groups in total. The van der Waals surface area contributed by atoms with Crippen molar-refractivity contribution >= 4 is 33.4 Å². The highest BCUT2D eigenvalue weighted by Crippen LogP contribution is 2.29. The van der Waals surface area contributed by atoms with Gasteiger partial charge in [0.25, 0.3) is 5.56 Å². The maximum atomic E-state index is 13.3. The summed E-state index contributed by atoms with van der Waals surface area (Å²) < 4.78 is 8.44. The number of hydrogen-bond donors (Lipinski definition) is 1. The molecule has 0 fully saturated rings. The van der Waals surface area contributed by atoms with Crippen LogP contribution in [0.15, 0.2) is 70.8 Å². The molecule has 0 bridgehead atoms. The van der Waals surface area contributed by atoms with Gasteiger partial charge in [-0.3, -0.25) is 14.2 Å². The third kappa shape index (κ3) is 4.18. The normalized spacial score (nSPS) is 12.0. The van der Waals surface area contributed by atoms with E-state index in [1.165, 1.54) is 15.9 Å². The Balaban J connectivity index is 1.50. The Morgan fingerprint density at radius 3 is 2.50 bits per heavy atom. The second kappa shape index (κ2) is 9.43. The molecule has 36 heavy (non-hydrogen) atoms. The molecule has 0 radical (unpaired) electrons. The number of hydrogen-bond acceptors (Lipinski definition) is 6. The number of nitrogens with zero attached hydrogens (tertiary/aromatic N) is 4. The maximum absolute atomic E-state index is 13.3. The number of carbonyl (C=O) groups excluding carboxylic acids is 1. The second-order valence-corrected chi connectivity index (χ2v) is 9.36. The van der Waals surface area contributed by atoms with Gasteiger partial charge < -0.3 is 10.1 Å². The summed E-state index contributed by atoms with van der Waals surface area (Å²) >= 11 is 1.33. The van der Waals surface area contributed by atoms with E-state index in [1.807, 2.05) is 73.8 Å². The summed E-state index contributed by atoms with van der Waals surface area (Å²) in [6.45, 7) is 5.50. The Bertz CT molecular complexity index is 1620. The van der Waals surface area contributed by atoms with Crippen LogP contribution in [-0.4, -0.2) is 32.3 Å². The number of aromatic nitrogens is 4. The number of ether oxygens (including phenoxy) is 1. The third-order valence-corrected chi connectivity index (χ3v) is 6.88. The van der Waals surface area contributed by atoms with E-state index in [2.05, 4.69) is 10.3 Å². The molecule has 0 spiro atoms. The Morgan fingerprint density at radius 2 is 1.81 bits per heavy atom. The van der Waals surface area contributed by atoms with Crippen LogP contribution in [0.2, 0.25) is 0 Å². The molecule has 0 aliphatic rings. The van der Waals surface area contributed by atoms with E-state index in [4.69, 9.17) is 9.84 Å². The predicted octanol–water partition coefficient (Wildman–Crippen LogP) is 5.14. The SMILES string of the molecule is COc1ccc(-c2csc(NC(=O)C(C)n3c(=O)cc(C)c4c(C)nn(-c5ccccc5)c43)n2)cc1. The molecule has 1 atom stereocenters. The Morgan fingerprint density at radius 1 is 1.08 bits per heavy atom. The first-order valence-electron chi connectivity index (χ1n) is 11.4. The summed E-state index contributed by atoms with van der Waals surface area (Å²) in [6, 6.07) is 17.9. The van der Waals surface area contributed by atoms with Crippen LogP contribution in [0.4, 0.5) is 5.13 Å². The molecule has 5 aromatic rings. The lowest BCUT2D eigenvalue weighted by Crippen LogP contribution is -2.32. The van der Waals surface area contributed by atoms with Gasteiger partial charge in [-0.05, 0) is 62.7 Å². The number of aryl methyl sites for hydroxylation is 2. The predicted molar refractivity (Wildman–Crippen MR) is 142 cm³/mol. The van der Waals surface area contributed by atoms with Crippen LogP contribution in [0.3, 0.4) is 0 Å². The van der Waals surface area contributed by atoms with E-state index in [-0.39, 0.29) is 11.5 Å². The van der Waals surface area contributed by atoms with Crippen molar-refractivity contribution in [2.24, 2.45) is 0 Å². The number of anilines is 1. The van der Waals surface area contributed by atoms with Gasteiger partial charge in [0.1, 0.15) is 17.4 Å². The lowest BCUT2D eigenvalue weighted by atomic mass is 10.1. The van der Waals surface area contributed by atoms with Gasteiger partial charge >= 0.3 is 0 Å². The summed E-state index contributed by atoms with van der Waals surface area (Å²) in [6.07, 6.45) is 0. The number of rotatable bonds is 6. The number of amides is 1. The van der Waals surface area contributed by atoms with Crippen LogP contribution in [0, 0.1) is 13.8 Å². The molecule has 0 aliphatic carbocycles. The maximum Gasteiger partial charge on any atom is 0.253 e. The summed E-state index contributed by atoms with van der Waals surface area (Å²) in [5.41, 5.74) is 4.41. The van der Waals surface area contributed by atoms with Crippen LogP contribution >= 0.6 is 11.3 Å². The molecule has 1 unspecified atom stereocenters. The van der Waals surface area contributed by atoms with Gasteiger partial charge in [0.2, 0.25) is 5.91 Å². The molecule has 3 aromatic heterocycles. The van der Waals surface area contributed by atoms with Gasteiger partial charge in [0, 0.05) is 22.4 Å². The first kappa shape index (κ1) is 23.5. The van der Waals surface area contributed by atoms with E-state index < -0.39 is 6.04 Å². The van der Waals surface area contributed by atoms with Gasteiger partial charge in [0.15, 0.2) is 5.13 Å².